The Morgan fingerprint density at radius 3 is 2.87 bits per heavy atom. The van der Waals surface area contributed by atoms with Crippen molar-refractivity contribution in [2.75, 3.05) is 5.09 Å². The zero-order valence-corrected chi connectivity index (χ0v) is 8.40. The van der Waals surface area contributed by atoms with E-state index in [1.807, 2.05) is 0 Å². The second-order valence-electron chi connectivity index (χ2n) is 3.00. The van der Waals surface area contributed by atoms with Gasteiger partial charge in [-0.05, 0) is 18.2 Å². The van der Waals surface area contributed by atoms with Gasteiger partial charge in [0.2, 0.25) is 0 Å². The van der Waals surface area contributed by atoms with Crippen LogP contribution in [0.5, 0.6) is 5.75 Å². The maximum atomic E-state index is 10.9. The highest BCUT2D eigenvalue weighted by Gasteiger charge is 2.10. The first-order chi connectivity index (χ1) is 6.97. The van der Waals surface area contributed by atoms with Crippen LogP contribution in [-0.4, -0.2) is 5.11 Å². The first kappa shape index (κ1) is 10.0. The van der Waals surface area contributed by atoms with E-state index in [1.165, 1.54) is 24.5 Å². The molecule has 1 aromatic heterocycles. The Labute approximate surface area is 84.9 Å². The number of hydrogen-bond acceptors (Lipinski definition) is 4. The predicted molar refractivity (Wildman–Crippen MR) is 53.3 cm³/mol. The monoisotopic (exact) mass is 227 g/mol. The van der Waals surface area contributed by atoms with E-state index < -0.39 is 7.67 Å². The molecule has 0 bridgehead atoms. The smallest absolute Gasteiger partial charge is 0.177 e. The molecule has 0 spiro atoms. The third kappa shape index (κ3) is 1.97. The Morgan fingerprint density at radius 1 is 1.47 bits per heavy atom. The first-order valence-electron chi connectivity index (χ1n) is 4.04. The van der Waals surface area contributed by atoms with Crippen molar-refractivity contribution in [3.05, 3.63) is 24.5 Å². The van der Waals surface area contributed by atoms with Gasteiger partial charge in [-0.3, -0.25) is 10.1 Å². The van der Waals surface area contributed by atoms with E-state index in [0.29, 0.717) is 5.39 Å². The van der Waals surface area contributed by atoms with Gasteiger partial charge in [-0.1, -0.05) is 0 Å². The van der Waals surface area contributed by atoms with Crippen molar-refractivity contribution in [1.82, 2.24) is 0 Å². The molecule has 2 rings (SSSR count). The quantitative estimate of drug-likeness (QED) is 0.520. The summed E-state index contributed by atoms with van der Waals surface area (Å²) in [5, 5.41) is 12.0. The topological polar surface area (TPSA) is 112 Å². The SMILES string of the molecule is NP(=O)([O-])Nc1ccc(O)c2occc12. The molecule has 1 heterocycles. The maximum Gasteiger partial charge on any atom is 0.177 e. The minimum Gasteiger partial charge on any atom is -0.772 e. The zero-order chi connectivity index (χ0) is 11.1. The number of fused-ring (bicyclic) bond motifs is 1. The Kier molecular flexibility index (Phi) is 2.19. The maximum absolute atomic E-state index is 10.9. The third-order valence-electron chi connectivity index (χ3n) is 1.87. The zero-order valence-electron chi connectivity index (χ0n) is 7.51. The molecule has 0 aliphatic heterocycles. The highest BCUT2D eigenvalue weighted by atomic mass is 31.2. The van der Waals surface area contributed by atoms with Crippen LogP contribution in [-0.2, 0) is 4.57 Å². The lowest BCUT2D eigenvalue weighted by atomic mass is 10.2. The summed E-state index contributed by atoms with van der Waals surface area (Å²) in [6.07, 6.45) is 1.35. The Balaban J connectivity index is 2.58. The summed E-state index contributed by atoms with van der Waals surface area (Å²) < 4.78 is 15.8. The number of phenolic OH excluding ortho intramolecular Hbond substituents is 1. The molecule has 0 saturated heterocycles. The summed E-state index contributed by atoms with van der Waals surface area (Å²) in [4.78, 5) is 10.9. The van der Waals surface area contributed by atoms with E-state index in [9.17, 15) is 14.6 Å². The lowest BCUT2D eigenvalue weighted by Gasteiger charge is -2.20. The number of hydrogen-bond donors (Lipinski definition) is 3. The summed E-state index contributed by atoms with van der Waals surface area (Å²) in [6.45, 7) is 0. The fourth-order valence-electron chi connectivity index (χ4n) is 1.31. The second kappa shape index (κ2) is 3.27. The fourth-order valence-corrected chi connectivity index (χ4v) is 1.84. The number of nitrogens with two attached hydrogens (primary N) is 1. The molecule has 4 N–H and O–H groups in total. The number of phenols is 1. The van der Waals surface area contributed by atoms with Gasteiger partial charge in [0.15, 0.2) is 19.0 Å². The van der Waals surface area contributed by atoms with Crippen LogP contribution in [0.15, 0.2) is 28.9 Å². The Bertz CT molecular complexity index is 545. The highest BCUT2D eigenvalue weighted by molar-refractivity contribution is 7.55. The molecule has 15 heavy (non-hydrogen) atoms. The van der Waals surface area contributed by atoms with Crippen molar-refractivity contribution in [1.29, 1.82) is 0 Å². The van der Waals surface area contributed by atoms with Crippen LogP contribution >= 0.6 is 7.67 Å². The van der Waals surface area contributed by atoms with E-state index in [4.69, 9.17) is 9.92 Å². The van der Waals surface area contributed by atoms with Gasteiger partial charge in [0.1, 0.15) is 0 Å². The predicted octanol–water partition coefficient (Wildman–Crippen LogP) is 0.977. The van der Waals surface area contributed by atoms with Gasteiger partial charge in [0.25, 0.3) is 0 Å². The summed E-state index contributed by atoms with van der Waals surface area (Å²) in [6, 6.07) is 4.27. The third-order valence-corrected chi connectivity index (χ3v) is 2.42. The number of aromatic hydroxyl groups is 1. The van der Waals surface area contributed by atoms with E-state index in [2.05, 4.69) is 5.09 Å². The van der Waals surface area contributed by atoms with Crippen LogP contribution in [0.1, 0.15) is 0 Å². The minimum atomic E-state index is -4.11. The molecule has 2 aromatic rings. The van der Waals surface area contributed by atoms with Crippen LogP contribution in [0, 0.1) is 0 Å². The van der Waals surface area contributed by atoms with Gasteiger partial charge >= 0.3 is 0 Å². The molecule has 0 amide bonds. The van der Waals surface area contributed by atoms with Crippen molar-refractivity contribution in [2.24, 2.45) is 5.50 Å². The largest absolute Gasteiger partial charge is 0.772 e. The average Bonchev–Trinajstić information content (AvgIpc) is 2.57. The normalized spacial score (nSPS) is 15.1. The summed E-state index contributed by atoms with van der Waals surface area (Å²) in [5.41, 5.74) is 5.35. The average molecular weight is 227 g/mol. The molecule has 0 aliphatic carbocycles. The van der Waals surface area contributed by atoms with Crippen LogP contribution in [0.25, 0.3) is 11.0 Å². The van der Waals surface area contributed by atoms with Gasteiger partial charge in [0, 0.05) is 5.39 Å². The number of rotatable bonds is 2. The molecule has 1 atom stereocenters. The molecule has 0 saturated carbocycles. The number of anilines is 1. The lowest BCUT2D eigenvalue weighted by Crippen LogP contribution is -2.17. The second-order valence-corrected chi connectivity index (χ2v) is 4.42. The van der Waals surface area contributed by atoms with Crippen molar-refractivity contribution in [3.8, 4) is 5.75 Å². The van der Waals surface area contributed by atoms with Crippen molar-refractivity contribution < 1.29 is 19.0 Å². The molecule has 7 heteroatoms. The number of furan rings is 1. The molecule has 6 nitrogen and oxygen atoms in total. The van der Waals surface area contributed by atoms with E-state index in [1.54, 1.807) is 0 Å². The molecule has 1 unspecified atom stereocenters. The molecule has 80 valence electrons. The van der Waals surface area contributed by atoms with Crippen LogP contribution in [0.3, 0.4) is 0 Å². The number of benzene rings is 1. The van der Waals surface area contributed by atoms with Crippen molar-refractivity contribution in [2.45, 2.75) is 0 Å². The minimum absolute atomic E-state index is 0.0571. The summed E-state index contributed by atoms with van der Waals surface area (Å²) >= 11 is 0. The molecule has 1 aromatic carbocycles. The Hall–Kier alpha value is -1.49. The van der Waals surface area contributed by atoms with Gasteiger partial charge in [0.05, 0.1) is 12.0 Å². The fraction of sp³-hybridized carbons (Fsp3) is 0. The molecule has 0 fully saturated rings. The molecular formula is C8H8N2O4P-. The Morgan fingerprint density at radius 2 is 2.20 bits per heavy atom. The standard InChI is InChI=1S/C8H9N2O4P/c9-15(12,13)10-6-1-2-7(11)8-5(6)3-4-14-8/h1-4,11H,(H4,9,10,12,13)/p-1. The van der Waals surface area contributed by atoms with Gasteiger partial charge in [-0.15, -0.1) is 0 Å². The van der Waals surface area contributed by atoms with Crippen molar-refractivity contribution >= 4 is 24.3 Å². The lowest BCUT2D eigenvalue weighted by molar-refractivity contribution is -0.173. The molecular weight excluding hydrogens is 219 g/mol. The number of nitrogens with one attached hydrogen (secondary N) is 1. The van der Waals surface area contributed by atoms with Crippen molar-refractivity contribution in [3.63, 3.8) is 0 Å². The highest BCUT2D eigenvalue weighted by Crippen LogP contribution is 2.36. The van der Waals surface area contributed by atoms with Crippen LogP contribution < -0.4 is 15.5 Å². The van der Waals surface area contributed by atoms with Crippen LogP contribution in [0.2, 0.25) is 0 Å². The summed E-state index contributed by atoms with van der Waals surface area (Å²) in [5.74, 6) is -0.0571. The van der Waals surface area contributed by atoms with E-state index in [0.717, 1.165) is 0 Å². The first-order valence-corrected chi connectivity index (χ1v) is 5.74. The van der Waals surface area contributed by atoms with E-state index >= 15 is 0 Å². The van der Waals surface area contributed by atoms with Crippen LogP contribution in [0.4, 0.5) is 5.69 Å². The summed E-state index contributed by atoms with van der Waals surface area (Å²) in [7, 11) is -4.11. The van der Waals surface area contributed by atoms with E-state index in [-0.39, 0.29) is 17.0 Å². The molecule has 0 radical (unpaired) electrons. The van der Waals surface area contributed by atoms with Gasteiger partial charge in [-0.2, -0.15) is 0 Å². The molecule has 0 aliphatic rings. The van der Waals surface area contributed by atoms with Gasteiger partial charge < -0.3 is 19.5 Å². The van der Waals surface area contributed by atoms with Gasteiger partial charge in [-0.25, -0.2) is 0 Å².